The van der Waals surface area contributed by atoms with E-state index >= 15 is 0 Å². The molecular weight excluding hydrogens is 705 g/mol. The molecule has 3 unspecified atom stereocenters. The van der Waals surface area contributed by atoms with Crippen molar-refractivity contribution in [2.75, 3.05) is 26.4 Å². The van der Waals surface area contributed by atoms with Gasteiger partial charge in [0.25, 0.3) is 0 Å². The van der Waals surface area contributed by atoms with Crippen LogP contribution in [0, 0.1) is 0 Å². The maximum absolute atomic E-state index is 12.6. The molecule has 4 N–H and O–H groups in total. The normalized spacial score (nSPS) is 14.4. The second-order valence-corrected chi connectivity index (χ2v) is 15.5. The Bertz CT molecular complexity index is 1050. The second-order valence-electron chi connectivity index (χ2n) is 14.1. The van der Waals surface area contributed by atoms with Crippen LogP contribution in [0.4, 0.5) is 0 Å². The van der Waals surface area contributed by atoms with Crippen molar-refractivity contribution >= 4 is 19.8 Å². The molecule has 3 atom stereocenters. The van der Waals surface area contributed by atoms with Gasteiger partial charge in [0.15, 0.2) is 0 Å². The van der Waals surface area contributed by atoms with Crippen LogP contribution in [-0.4, -0.2) is 60.5 Å². The third-order valence-electron chi connectivity index (χ3n) is 8.84. The van der Waals surface area contributed by atoms with Gasteiger partial charge in [0, 0.05) is 13.0 Å². The summed E-state index contributed by atoms with van der Waals surface area (Å²) in [5.74, 6) is -1.79. The van der Waals surface area contributed by atoms with Crippen LogP contribution in [0.1, 0.15) is 174 Å². The molecule has 0 bridgehead atoms. The number of carbonyl (C=O) groups is 2. The van der Waals surface area contributed by atoms with Crippen LogP contribution in [0.5, 0.6) is 0 Å². The molecule has 0 aliphatic heterocycles. The van der Waals surface area contributed by atoms with Crippen LogP contribution in [0.2, 0.25) is 0 Å². The number of esters is 1. The number of carboxylic acids is 1. The molecule has 314 valence electrons. The molecule has 0 amide bonds. The highest BCUT2D eigenvalue weighted by Crippen LogP contribution is 2.43. The van der Waals surface area contributed by atoms with Gasteiger partial charge in [-0.05, 0) is 70.6 Å². The highest BCUT2D eigenvalue weighted by molar-refractivity contribution is 7.47. The Kier molecular flexibility index (Phi) is 37.7. The first-order chi connectivity index (χ1) is 26.2. The van der Waals surface area contributed by atoms with Gasteiger partial charge in [-0.3, -0.25) is 18.6 Å². The zero-order valence-corrected chi connectivity index (χ0v) is 35.0. The number of rotatable bonds is 40. The van der Waals surface area contributed by atoms with E-state index < -0.39 is 45.1 Å². The molecule has 10 nitrogen and oxygen atoms in total. The third kappa shape index (κ3) is 38.2. The van der Waals surface area contributed by atoms with Gasteiger partial charge in [-0.2, -0.15) is 0 Å². The van der Waals surface area contributed by atoms with Crippen LogP contribution in [0.25, 0.3) is 0 Å². The summed E-state index contributed by atoms with van der Waals surface area (Å²) >= 11 is 0. The van der Waals surface area contributed by atoms with Crippen molar-refractivity contribution in [2.24, 2.45) is 5.73 Å². The van der Waals surface area contributed by atoms with E-state index in [4.69, 9.17) is 29.4 Å². The van der Waals surface area contributed by atoms with Crippen LogP contribution in [-0.2, 0) is 32.7 Å². The number of nitrogens with two attached hydrogens (primary N) is 1. The largest absolute Gasteiger partial charge is 0.480 e. The van der Waals surface area contributed by atoms with E-state index in [1.54, 1.807) is 0 Å². The van der Waals surface area contributed by atoms with Crippen molar-refractivity contribution < 1.29 is 42.7 Å². The maximum atomic E-state index is 12.6. The van der Waals surface area contributed by atoms with Gasteiger partial charge in [-0.25, -0.2) is 4.57 Å². The first-order valence-corrected chi connectivity index (χ1v) is 22.7. The van der Waals surface area contributed by atoms with Gasteiger partial charge in [0.1, 0.15) is 12.1 Å². The number of aliphatic carboxylic acids is 1. The lowest BCUT2D eigenvalue weighted by Crippen LogP contribution is -2.34. The maximum Gasteiger partial charge on any atom is 0.472 e. The van der Waals surface area contributed by atoms with Crippen LogP contribution in [0.3, 0.4) is 0 Å². The van der Waals surface area contributed by atoms with E-state index in [9.17, 15) is 19.0 Å². The van der Waals surface area contributed by atoms with Gasteiger partial charge in [-0.1, -0.05) is 146 Å². The summed E-state index contributed by atoms with van der Waals surface area (Å²) in [7, 11) is -4.62. The van der Waals surface area contributed by atoms with Crippen LogP contribution >= 0.6 is 7.82 Å². The summed E-state index contributed by atoms with van der Waals surface area (Å²) in [6.07, 6.45) is 44.5. The van der Waals surface area contributed by atoms with Gasteiger partial charge in [0.05, 0.1) is 19.8 Å². The first-order valence-electron chi connectivity index (χ1n) is 21.2. The van der Waals surface area contributed by atoms with E-state index in [0.717, 1.165) is 77.0 Å². The Morgan fingerprint density at radius 1 is 0.611 bits per heavy atom. The van der Waals surface area contributed by atoms with Crippen molar-refractivity contribution in [2.45, 2.75) is 187 Å². The highest BCUT2D eigenvalue weighted by Gasteiger charge is 2.27. The van der Waals surface area contributed by atoms with E-state index in [-0.39, 0.29) is 13.0 Å². The molecular formula is C43H78NO9P. The van der Waals surface area contributed by atoms with Gasteiger partial charge < -0.3 is 25.2 Å². The molecule has 11 heteroatoms. The minimum absolute atomic E-state index is 0.000809. The quantitative estimate of drug-likeness (QED) is 0.0237. The highest BCUT2D eigenvalue weighted by atomic mass is 31.2. The van der Waals surface area contributed by atoms with Gasteiger partial charge >= 0.3 is 19.8 Å². The number of unbranched alkanes of at least 4 members (excludes halogenated alkanes) is 18. The molecule has 0 heterocycles. The lowest BCUT2D eigenvalue weighted by atomic mass is 10.1. The molecule has 0 rings (SSSR count). The van der Waals surface area contributed by atoms with Crippen molar-refractivity contribution in [3.63, 3.8) is 0 Å². The third-order valence-corrected chi connectivity index (χ3v) is 9.79. The predicted molar refractivity (Wildman–Crippen MR) is 221 cm³/mol. The first kappa shape index (κ1) is 51.9. The monoisotopic (exact) mass is 784 g/mol. The number of hydrogen-bond donors (Lipinski definition) is 3. The van der Waals surface area contributed by atoms with Crippen LogP contribution in [0.15, 0.2) is 48.6 Å². The fraction of sp³-hybridized carbons (Fsp3) is 0.767. The topological polar surface area (TPSA) is 155 Å². The van der Waals surface area contributed by atoms with Crippen molar-refractivity contribution in [1.29, 1.82) is 0 Å². The predicted octanol–water partition coefficient (Wildman–Crippen LogP) is 11.5. The van der Waals surface area contributed by atoms with E-state index in [2.05, 4.69) is 62.5 Å². The number of allylic oxidation sites excluding steroid dienone is 8. The summed E-state index contributed by atoms with van der Waals surface area (Å²) in [5, 5.41) is 8.88. The molecule has 0 aliphatic carbocycles. The molecule has 54 heavy (non-hydrogen) atoms. The smallest absolute Gasteiger partial charge is 0.472 e. The molecule has 0 aromatic carbocycles. The Hall–Kier alpha value is -2.07. The van der Waals surface area contributed by atoms with E-state index in [1.165, 1.54) is 70.6 Å². The number of carboxylic acid groups (broad SMARTS) is 1. The minimum Gasteiger partial charge on any atom is -0.480 e. The molecule has 0 fully saturated rings. The molecule has 0 aromatic rings. The zero-order chi connectivity index (χ0) is 39.8. The number of hydrogen-bond acceptors (Lipinski definition) is 8. The van der Waals surface area contributed by atoms with Gasteiger partial charge in [0.2, 0.25) is 0 Å². The molecule has 0 spiro atoms. The SMILES string of the molecule is CC/C=C\C/C=C\C/C=C\CCCCCCOCC(COP(=O)(O)OCC(N)C(=O)O)OC(=O)CCCCCCCCC/C=C\CCCCCCCCC. The molecule has 0 aromatic heterocycles. The lowest BCUT2D eigenvalue weighted by Gasteiger charge is -2.20. The van der Waals surface area contributed by atoms with Crippen molar-refractivity contribution in [3.05, 3.63) is 48.6 Å². The fourth-order valence-electron chi connectivity index (χ4n) is 5.55. The summed E-state index contributed by atoms with van der Waals surface area (Å²) in [6.45, 7) is 3.70. The Morgan fingerprint density at radius 2 is 1.07 bits per heavy atom. The molecule has 0 aliphatic rings. The fourth-order valence-corrected chi connectivity index (χ4v) is 6.33. The molecule has 0 saturated carbocycles. The second kappa shape index (κ2) is 39.2. The summed E-state index contributed by atoms with van der Waals surface area (Å²) in [4.78, 5) is 33.5. The summed E-state index contributed by atoms with van der Waals surface area (Å²) in [5.41, 5.74) is 5.35. The average molecular weight is 784 g/mol. The number of carbonyl (C=O) groups excluding carboxylic acids is 1. The van der Waals surface area contributed by atoms with E-state index in [0.29, 0.717) is 13.0 Å². The average Bonchev–Trinajstić information content (AvgIpc) is 3.15. The number of phosphoric acid groups is 1. The van der Waals surface area contributed by atoms with Gasteiger partial charge in [-0.15, -0.1) is 0 Å². The molecule has 0 radical (unpaired) electrons. The minimum atomic E-state index is -4.62. The Labute approximate surface area is 329 Å². The Morgan fingerprint density at radius 3 is 1.63 bits per heavy atom. The van der Waals surface area contributed by atoms with Crippen molar-refractivity contribution in [3.8, 4) is 0 Å². The number of phosphoric ester groups is 1. The van der Waals surface area contributed by atoms with Crippen molar-refractivity contribution in [1.82, 2.24) is 0 Å². The lowest BCUT2D eigenvalue weighted by molar-refractivity contribution is -0.154. The Balaban J connectivity index is 4.28. The standard InChI is InChI=1S/C43H78NO9P/c1-3-5-7-9-11-13-15-17-19-20-21-22-23-25-27-29-31-33-35-42(45)53-40(38-51-54(48,49)52-39-41(44)43(46)47)37-50-36-34-32-30-28-26-24-18-16-14-12-10-8-6-4-2/h6,8,12,14,18-20,24,40-41H,3-5,7,9-11,13,15-17,21-23,25-39,44H2,1-2H3,(H,46,47)(H,48,49)/b8-6-,14-12-,20-19-,24-18-. The number of ether oxygens (including phenoxy) is 2. The molecule has 0 saturated heterocycles. The zero-order valence-electron chi connectivity index (χ0n) is 34.1. The summed E-state index contributed by atoms with van der Waals surface area (Å²) in [6, 6.07) is -1.48. The van der Waals surface area contributed by atoms with E-state index in [1.807, 2.05) is 0 Å². The van der Waals surface area contributed by atoms with Crippen LogP contribution < -0.4 is 5.73 Å². The summed E-state index contributed by atoms with van der Waals surface area (Å²) < 4.78 is 33.3.